The SMILES string of the molecule is COc1ccc(C2SCCN2C(=O)c2sc(-c3ccccc3)nc2C)cc1. The van der Waals surface area contributed by atoms with Gasteiger partial charge in [-0.3, -0.25) is 4.79 Å². The average Bonchev–Trinajstić information content (AvgIpc) is 3.35. The summed E-state index contributed by atoms with van der Waals surface area (Å²) in [5.41, 5.74) is 2.97. The lowest BCUT2D eigenvalue weighted by molar-refractivity contribution is 0.0764. The number of benzene rings is 2. The molecule has 1 saturated heterocycles. The molecule has 0 bridgehead atoms. The maximum Gasteiger partial charge on any atom is 0.267 e. The molecule has 1 unspecified atom stereocenters. The Morgan fingerprint density at radius 1 is 1.15 bits per heavy atom. The summed E-state index contributed by atoms with van der Waals surface area (Å²) in [5.74, 6) is 1.83. The van der Waals surface area contributed by atoms with Crippen molar-refractivity contribution >= 4 is 29.0 Å². The molecule has 1 atom stereocenters. The molecule has 0 N–H and O–H groups in total. The van der Waals surface area contributed by atoms with Crippen molar-refractivity contribution in [1.29, 1.82) is 0 Å². The number of aromatic nitrogens is 1. The first kappa shape index (κ1) is 18.1. The Morgan fingerprint density at radius 3 is 2.59 bits per heavy atom. The molecule has 0 saturated carbocycles. The van der Waals surface area contributed by atoms with E-state index < -0.39 is 0 Å². The summed E-state index contributed by atoms with van der Waals surface area (Å²) in [6.45, 7) is 2.67. The van der Waals surface area contributed by atoms with Gasteiger partial charge in [0.15, 0.2) is 0 Å². The third kappa shape index (κ3) is 3.59. The van der Waals surface area contributed by atoms with Crippen LogP contribution in [0.2, 0.25) is 0 Å². The number of carbonyl (C=O) groups excluding carboxylic acids is 1. The fourth-order valence-corrected chi connectivity index (χ4v) is 5.44. The number of hydrogen-bond donors (Lipinski definition) is 0. The van der Waals surface area contributed by atoms with E-state index in [1.165, 1.54) is 11.3 Å². The second-order valence-corrected chi connectivity index (χ2v) is 8.48. The van der Waals surface area contributed by atoms with Gasteiger partial charge in [0.25, 0.3) is 5.91 Å². The zero-order valence-electron chi connectivity index (χ0n) is 15.2. The van der Waals surface area contributed by atoms with Crippen LogP contribution in [0.25, 0.3) is 10.6 Å². The third-order valence-corrected chi connectivity index (χ3v) is 7.02. The van der Waals surface area contributed by atoms with Gasteiger partial charge >= 0.3 is 0 Å². The van der Waals surface area contributed by atoms with Crippen LogP contribution in [0.4, 0.5) is 0 Å². The standard InChI is InChI=1S/C21H20N2O2S2/c1-14-18(27-19(22-14)15-6-4-3-5-7-15)20(24)23-12-13-26-21(23)16-8-10-17(25-2)11-9-16/h3-11,21H,12-13H2,1-2H3. The molecule has 6 heteroatoms. The normalized spacial score (nSPS) is 16.5. The Bertz CT molecular complexity index is 939. The van der Waals surface area contributed by atoms with Crippen LogP contribution in [0.5, 0.6) is 5.75 Å². The van der Waals surface area contributed by atoms with Crippen molar-refractivity contribution in [2.45, 2.75) is 12.3 Å². The molecule has 2 aromatic carbocycles. The molecule has 27 heavy (non-hydrogen) atoms. The highest BCUT2D eigenvalue weighted by atomic mass is 32.2. The predicted molar refractivity (Wildman–Crippen MR) is 112 cm³/mol. The number of carbonyl (C=O) groups is 1. The van der Waals surface area contributed by atoms with Crippen LogP contribution in [0.15, 0.2) is 54.6 Å². The molecule has 1 aliphatic heterocycles. The van der Waals surface area contributed by atoms with Crippen molar-refractivity contribution in [2.24, 2.45) is 0 Å². The quantitative estimate of drug-likeness (QED) is 0.621. The van der Waals surface area contributed by atoms with E-state index in [1.807, 2.05) is 66.4 Å². The average molecular weight is 397 g/mol. The Kier molecular flexibility index (Phi) is 5.18. The third-order valence-electron chi connectivity index (χ3n) is 4.56. The van der Waals surface area contributed by atoms with Crippen LogP contribution < -0.4 is 4.74 Å². The molecular weight excluding hydrogens is 376 g/mol. The van der Waals surface area contributed by atoms with Gasteiger partial charge in [-0.25, -0.2) is 4.98 Å². The van der Waals surface area contributed by atoms with E-state index >= 15 is 0 Å². The monoisotopic (exact) mass is 396 g/mol. The number of thioether (sulfide) groups is 1. The Labute approximate surface area is 167 Å². The van der Waals surface area contributed by atoms with Crippen LogP contribution in [-0.2, 0) is 0 Å². The first-order valence-electron chi connectivity index (χ1n) is 8.77. The Balaban J connectivity index is 1.61. The molecule has 0 radical (unpaired) electrons. The lowest BCUT2D eigenvalue weighted by Gasteiger charge is -2.24. The minimum Gasteiger partial charge on any atom is -0.497 e. The lowest BCUT2D eigenvalue weighted by atomic mass is 10.2. The van der Waals surface area contributed by atoms with Crippen molar-refractivity contribution in [3.05, 3.63) is 70.7 Å². The van der Waals surface area contributed by atoms with Crippen molar-refractivity contribution in [1.82, 2.24) is 9.88 Å². The largest absolute Gasteiger partial charge is 0.497 e. The summed E-state index contributed by atoms with van der Waals surface area (Å²) < 4.78 is 5.24. The molecule has 138 valence electrons. The van der Waals surface area contributed by atoms with Gasteiger partial charge in [0.05, 0.1) is 12.8 Å². The van der Waals surface area contributed by atoms with Gasteiger partial charge in [-0.1, -0.05) is 42.5 Å². The molecule has 4 rings (SSSR count). The van der Waals surface area contributed by atoms with E-state index in [1.54, 1.807) is 18.9 Å². The topological polar surface area (TPSA) is 42.4 Å². The smallest absolute Gasteiger partial charge is 0.267 e. The zero-order valence-corrected chi connectivity index (χ0v) is 16.8. The van der Waals surface area contributed by atoms with Gasteiger partial charge in [0, 0.05) is 17.9 Å². The van der Waals surface area contributed by atoms with Crippen LogP contribution in [0, 0.1) is 6.92 Å². The summed E-state index contributed by atoms with van der Waals surface area (Å²) >= 11 is 3.28. The Hall–Kier alpha value is -2.31. The van der Waals surface area contributed by atoms with Gasteiger partial charge in [0.2, 0.25) is 0 Å². The molecule has 3 aromatic rings. The highest BCUT2D eigenvalue weighted by molar-refractivity contribution is 7.99. The highest BCUT2D eigenvalue weighted by Gasteiger charge is 2.33. The summed E-state index contributed by atoms with van der Waals surface area (Å²) in [4.78, 5) is 20.6. The van der Waals surface area contributed by atoms with Crippen LogP contribution in [-0.4, -0.2) is 35.2 Å². The van der Waals surface area contributed by atoms with Crippen molar-refractivity contribution in [3.8, 4) is 16.3 Å². The van der Waals surface area contributed by atoms with Gasteiger partial charge < -0.3 is 9.64 Å². The molecule has 2 heterocycles. The summed E-state index contributed by atoms with van der Waals surface area (Å²) in [6, 6.07) is 18.0. The first-order valence-corrected chi connectivity index (χ1v) is 10.6. The van der Waals surface area contributed by atoms with Gasteiger partial charge in [0.1, 0.15) is 21.0 Å². The van der Waals surface area contributed by atoms with Crippen LogP contribution >= 0.6 is 23.1 Å². The van der Waals surface area contributed by atoms with Crippen LogP contribution in [0.1, 0.15) is 26.3 Å². The molecule has 0 aliphatic carbocycles. The summed E-state index contributed by atoms with van der Waals surface area (Å²) in [5, 5.41) is 0.925. The molecule has 1 fully saturated rings. The van der Waals surface area contributed by atoms with E-state index in [0.29, 0.717) is 0 Å². The minimum absolute atomic E-state index is 0.0325. The highest BCUT2D eigenvalue weighted by Crippen LogP contribution is 2.40. The van der Waals surface area contributed by atoms with E-state index in [0.717, 1.165) is 44.8 Å². The van der Waals surface area contributed by atoms with Gasteiger partial charge in [-0.2, -0.15) is 0 Å². The summed E-state index contributed by atoms with van der Waals surface area (Å²) in [7, 11) is 1.66. The van der Waals surface area contributed by atoms with Crippen molar-refractivity contribution < 1.29 is 9.53 Å². The predicted octanol–water partition coefficient (Wildman–Crippen LogP) is 5.01. The molecule has 4 nitrogen and oxygen atoms in total. The number of hydrogen-bond acceptors (Lipinski definition) is 5. The number of thiazole rings is 1. The molecular formula is C21H20N2O2S2. The fourth-order valence-electron chi connectivity index (χ4n) is 3.15. The van der Waals surface area contributed by atoms with Crippen molar-refractivity contribution in [2.75, 3.05) is 19.4 Å². The number of rotatable bonds is 4. The molecule has 1 aliphatic rings. The van der Waals surface area contributed by atoms with E-state index in [4.69, 9.17) is 4.74 Å². The zero-order chi connectivity index (χ0) is 18.8. The molecule has 0 spiro atoms. The maximum absolute atomic E-state index is 13.3. The molecule has 1 aromatic heterocycles. The maximum atomic E-state index is 13.3. The number of nitrogens with zero attached hydrogens (tertiary/aromatic N) is 2. The van der Waals surface area contributed by atoms with Gasteiger partial charge in [-0.05, 0) is 24.6 Å². The van der Waals surface area contributed by atoms with Crippen molar-refractivity contribution in [3.63, 3.8) is 0 Å². The lowest BCUT2D eigenvalue weighted by Crippen LogP contribution is -2.30. The number of aryl methyl sites for hydroxylation is 1. The van der Waals surface area contributed by atoms with Gasteiger partial charge in [-0.15, -0.1) is 23.1 Å². The van der Waals surface area contributed by atoms with E-state index in [9.17, 15) is 4.79 Å². The first-order chi connectivity index (χ1) is 13.2. The number of ether oxygens (including phenoxy) is 1. The Morgan fingerprint density at radius 2 is 1.89 bits per heavy atom. The summed E-state index contributed by atoms with van der Waals surface area (Å²) in [6.07, 6.45) is 0. The second kappa shape index (κ2) is 7.74. The fraction of sp³-hybridized carbons (Fsp3) is 0.238. The minimum atomic E-state index is 0.0325. The van der Waals surface area contributed by atoms with Crippen LogP contribution in [0.3, 0.4) is 0 Å². The second-order valence-electron chi connectivity index (χ2n) is 6.29. The van der Waals surface area contributed by atoms with E-state index in [-0.39, 0.29) is 11.3 Å². The molecule has 1 amide bonds. The number of amides is 1. The number of methoxy groups -OCH3 is 1. The van der Waals surface area contributed by atoms with E-state index in [2.05, 4.69) is 4.98 Å².